The first-order valence-corrected chi connectivity index (χ1v) is 3.65. The van der Waals surface area contributed by atoms with Gasteiger partial charge in [0.25, 0.3) is 0 Å². The molecule has 0 aromatic rings. The first kappa shape index (κ1) is 7.96. The Bertz CT molecular complexity index is 104. The van der Waals surface area contributed by atoms with Crippen LogP contribution in [0.3, 0.4) is 0 Å². The molecule has 1 saturated carbocycles. The van der Waals surface area contributed by atoms with Gasteiger partial charge >= 0.3 is 6.98 Å². The Hall–Kier alpha value is -0.145. The molecule has 1 aliphatic carbocycles. The van der Waals surface area contributed by atoms with Crippen LogP contribution in [0.2, 0.25) is 0 Å². The van der Waals surface area contributed by atoms with Gasteiger partial charge in [0.15, 0.2) is 0 Å². The van der Waals surface area contributed by atoms with Crippen LogP contribution in [0.5, 0.6) is 0 Å². The zero-order valence-electron chi connectivity index (χ0n) is 5.75. The fraction of sp³-hybridized carbons (Fsp3) is 0.833. The minimum Gasteiger partial charge on any atom is -0.449 e. The summed E-state index contributed by atoms with van der Waals surface area (Å²) in [5.41, 5.74) is 0. The Morgan fingerprint density at radius 2 is 1.40 bits per heavy atom. The molecule has 1 radical (unpaired) electrons. The van der Waals surface area contributed by atoms with Crippen molar-refractivity contribution in [1.29, 1.82) is 0 Å². The standard InChI is InChI=1S/C6H10BF3/c8-7(9,10)6-4-2-1-3-5-6/h1-5H2/q-1. The quantitative estimate of drug-likeness (QED) is 0.504. The lowest BCUT2D eigenvalue weighted by atomic mass is 9.65. The maximum Gasteiger partial charge on any atom is 0.482 e. The van der Waals surface area contributed by atoms with Crippen LogP contribution in [-0.2, 0) is 0 Å². The molecule has 0 unspecified atom stereocenters. The van der Waals surface area contributed by atoms with Crippen molar-refractivity contribution in [3.63, 3.8) is 0 Å². The Morgan fingerprint density at radius 3 is 1.70 bits per heavy atom. The molecule has 4 heteroatoms. The Morgan fingerprint density at radius 1 is 0.900 bits per heavy atom. The highest BCUT2D eigenvalue weighted by atomic mass is 19.4. The van der Waals surface area contributed by atoms with Crippen molar-refractivity contribution in [2.45, 2.75) is 32.1 Å². The van der Waals surface area contributed by atoms with E-state index in [2.05, 4.69) is 0 Å². The van der Waals surface area contributed by atoms with E-state index in [1.807, 2.05) is 0 Å². The van der Waals surface area contributed by atoms with Gasteiger partial charge in [-0.3, -0.25) is 0 Å². The SMILES string of the molecule is F[B-](F)(F)[C]1CCCCC1. The fourth-order valence-electron chi connectivity index (χ4n) is 1.33. The van der Waals surface area contributed by atoms with Crippen LogP contribution in [0.15, 0.2) is 0 Å². The predicted molar refractivity (Wildman–Crippen MR) is 35.4 cm³/mol. The monoisotopic (exact) mass is 150 g/mol. The van der Waals surface area contributed by atoms with Crippen molar-refractivity contribution >= 4 is 6.98 Å². The molecule has 0 aromatic carbocycles. The fourth-order valence-corrected chi connectivity index (χ4v) is 1.33. The first-order valence-electron chi connectivity index (χ1n) is 3.65. The molecule has 0 heterocycles. The molecule has 0 aromatic heterocycles. The highest BCUT2D eigenvalue weighted by Crippen LogP contribution is 2.35. The summed E-state index contributed by atoms with van der Waals surface area (Å²) in [4.78, 5) is 0. The van der Waals surface area contributed by atoms with E-state index >= 15 is 0 Å². The highest BCUT2D eigenvalue weighted by molar-refractivity contribution is 6.64. The van der Waals surface area contributed by atoms with Crippen molar-refractivity contribution in [3.05, 3.63) is 5.82 Å². The van der Waals surface area contributed by atoms with Gasteiger partial charge < -0.3 is 12.9 Å². The third-order valence-electron chi connectivity index (χ3n) is 1.96. The molecule has 1 rings (SSSR count). The van der Waals surface area contributed by atoms with Gasteiger partial charge in [-0.1, -0.05) is 37.9 Å². The number of hydrogen-bond acceptors (Lipinski definition) is 0. The summed E-state index contributed by atoms with van der Waals surface area (Å²) in [5.74, 6) is -0.147. The number of halogens is 3. The Balaban J connectivity index is 2.39. The molecule has 0 saturated heterocycles. The van der Waals surface area contributed by atoms with E-state index < -0.39 is 6.98 Å². The second-order valence-corrected chi connectivity index (χ2v) is 2.79. The summed E-state index contributed by atoms with van der Waals surface area (Å²) in [7, 11) is 0. The predicted octanol–water partition coefficient (Wildman–Crippen LogP) is 2.91. The smallest absolute Gasteiger partial charge is 0.449 e. The molecular formula is C6H10BF3-. The summed E-state index contributed by atoms with van der Waals surface area (Å²) in [6.07, 6.45) is 3.02. The van der Waals surface area contributed by atoms with Crippen molar-refractivity contribution in [3.8, 4) is 0 Å². The molecule has 0 amide bonds. The minimum absolute atomic E-state index is 0.147. The van der Waals surface area contributed by atoms with Gasteiger partial charge in [-0.25, -0.2) is 0 Å². The van der Waals surface area contributed by atoms with Gasteiger partial charge in [0.05, 0.1) is 0 Å². The zero-order valence-corrected chi connectivity index (χ0v) is 5.75. The molecule has 0 nitrogen and oxygen atoms in total. The van der Waals surface area contributed by atoms with Crippen molar-refractivity contribution in [1.82, 2.24) is 0 Å². The van der Waals surface area contributed by atoms with E-state index in [4.69, 9.17) is 0 Å². The van der Waals surface area contributed by atoms with E-state index in [1.165, 1.54) is 0 Å². The van der Waals surface area contributed by atoms with Crippen molar-refractivity contribution < 1.29 is 12.9 Å². The molecule has 1 fully saturated rings. The molecule has 0 N–H and O–H groups in total. The average Bonchev–Trinajstić information content (AvgIpc) is 1.88. The van der Waals surface area contributed by atoms with Crippen molar-refractivity contribution in [2.24, 2.45) is 0 Å². The second kappa shape index (κ2) is 2.85. The summed E-state index contributed by atoms with van der Waals surface area (Å²) >= 11 is 0. The lowest BCUT2D eigenvalue weighted by Crippen LogP contribution is -2.28. The largest absolute Gasteiger partial charge is 0.482 e. The van der Waals surface area contributed by atoms with Crippen LogP contribution in [-0.4, -0.2) is 6.98 Å². The van der Waals surface area contributed by atoms with Gasteiger partial charge in [0, 0.05) is 0 Å². The maximum absolute atomic E-state index is 12.0. The molecule has 0 atom stereocenters. The number of hydrogen-bond donors (Lipinski definition) is 0. The normalized spacial score (nSPS) is 23.1. The third-order valence-corrected chi connectivity index (χ3v) is 1.96. The minimum atomic E-state index is -4.61. The summed E-state index contributed by atoms with van der Waals surface area (Å²) in [5, 5.41) is 0. The summed E-state index contributed by atoms with van der Waals surface area (Å²) < 4.78 is 35.9. The van der Waals surface area contributed by atoms with Gasteiger partial charge in [0.1, 0.15) is 0 Å². The van der Waals surface area contributed by atoms with Crippen molar-refractivity contribution in [2.75, 3.05) is 0 Å². The van der Waals surface area contributed by atoms with E-state index in [-0.39, 0.29) is 5.82 Å². The maximum atomic E-state index is 12.0. The van der Waals surface area contributed by atoms with Gasteiger partial charge in [-0.2, -0.15) is 0 Å². The van der Waals surface area contributed by atoms with E-state index in [0.29, 0.717) is 12.8 Å². The van der Waals surface area contributed by atoms with Crippen LogP contribution >= 0.6 is 0 Å². The first-order chi connectivity index (χ1) is 4.61. The molecule has 0 aliphatic heterocycles. The van der Waals surface area contributed by atoms with Crippen LogP contribution in [0, 0.1) is 5.82 Å². The van der Waals surface area contributed by atoms with Gasteiger partial charge in [-0.15, -0.1) is 0 Å². The van der Waals surface area contributed by atoms with Gasteiger partial charge in [0.2, 0.25) is 0 Å². The molecule has 59 valence electrons. The molecule has 1 aliphatic rings. The Kier molecular flexibility index (Phi) is 2.26. The molecule has 0 bridgehead atoms. The molecular weight excluding hydrogens is 140 g/mol. The summed E-state index contributed by atoms with van der Waals surface area (Å²) in [6.45, 7) is -4.61. The van der Waals surface area contributed by atoms with Crippen LogP contribution in [0.4, 0.5) is 12.9 Å². The number of rotatable bonds is 1. The lowest BCUT2D eigenvalue weighted by Gasteiger charge is -2.29. The third kappa shape index (κ3) is 1.92. The molecule has 0 spiro atoms. The van der Waals surface area contributed by atoms with E-state index in [1.54, 1.807) is 0 Å². The topological polar surface area (TPSA) is 0 Å². The second-order valence-electron chi connectivity index (χ2n) is 2.79. The van der Waals surface area contributed by atoms with Gasteiger partial charge in [-0.05, 0) is 0 Å². The Labute approximate surface area is 58.9 Å². The van der Waals surface area contributed by atoms with Crippen LogP contribution in [0.25, 0.3) is 0 Å². The highest BCUT2D eigenvalue weighted by Gasteiger charge is 2.34. The zero-order chi connectivity index (χ0) is 7.61. The van der Waals surface area contributed by atoms with Crippen LogP contribution < -0.4 is 0 Å². The van der Waals surface area contributed by atoms with E-state index in [0.717, 1.165) is 19.3 Å². The van der Waals surface area contributed by atoms with E-state index in [9.17, 15) is 12.9 Å². The average molecular weight is 150 g/mol. The van der Waals surface area contributed by atoms with Crippen LogP contribution in [0.1, 0.15) is 32.1 Å². The lowest BCUT2D eigenvalue weighted by molar-refractivity contribution is 0.431. The molecule has 10 heavy (non-hydrogen) atoms. The summed E-state index contributed by atoms with van der Waals surface area (Å²) in [6, 6.07) is 0.